The van der Waals surface area contributed by atoms with Gasteiger partial charge in [0.2, 0.25) is 11.0 Å². The zero-order valence-corrected chi connectivity index (χ0v) is 18.4. The highest BCUT2D eigenvalue weighted by atomic mass is 35.5. The number of thioether (sulfide) groups is 1. The number of halogens is 1. The maximum atomic E-state index is 12.5. The zero-order valence-electron chi connectivity index (χ0n) is 16.0. The molecule has 8 nitrogen and oxygen atoms in total. The lowest BCUT2D eigenvalue weighted by molar-refractivity contribution is -0.113. The lowest BCUT2D eigenvalue weighted by atomic mass is 10.2. The second-order valence-corrected chi connectivity index (χ2v) is 8.41. The van der Waals surface area contributed by atoms with Crippen molar-refractivity contribution < 1.29 is 19.1 Å². The molecule has 0 saturated carbocycles. The van der Waals surface area contributed by atoms with E-state index in [-0.39, 0.29) is 17.6 Å². The van der Waals surface area contributed by atoms with Crippen LogP contribution >= 0.6 is 34.7 Å². The average Bonchev–Trinajstić information content (AvgIpc) is 3.19. The molecular weight excluding hydrogens is 448 g/mol. The molecule has 30 heavy (non-hydrogen) atoms. The number of benzene rings is 2. The summed E-state index contributed by atoms with van der Waals surface area (Å²) in [7, 11) is 3.01. The molecule has 3 aromatic rings. The zero-order chi connectivity index (χ0) is 21.5. The fraction of sp³-hybridized carbons (Fsp3) is 0.158. The van der Waals surface area contributed by atoms with Gasteiger partial charge in [0, 0.05) is 22.3 Å². The Labute approximate surface area is 185 Å². The summed E-state index contributed by atoms with van der Waals surface area (Å²) < 4.78 is 10.9. The van der Waals surface area contributed by atoms with Gasteiger partial charge in [-0.15, -0.1) is 10.2 Å². The Morgan fingerprint density at radius 1 is 1.07 bits per heavy atom. The van der Waals surface area contributed by atoms with E-state index in [0.29, 0.717) is 37.2 Å². The Bertz CT molecular complexity index is 1040. The number of nitrogens with one attached hydrogen (secondary N) is 2. The fourth-order valence-electron chi connectivity index (χ4n) is 2.32. The van der Waals surface area contributed by atoms with Crippen molar-refractivity contribution in [1.29, 1.82) is 0 Å². The molecule has 0 fully saturated rings. The highest BCUT2D eigenvalue weighted by molar-refractivity contribution is 8.01. The summed E-state index contributed by atoms with van der Waals surface area (Å²) in [6, 6.07) is 11.7. The van der Waals surface area contributed by atoms with Gasteiger partial charge in [0.1, 0.15) is 11.5 Å². The maximum Gasteiger partial charge on any atom is 0.257 e. The Morgan fingerprint density at radius 3 is 2.47 bits per heavy atom. The molecule has 0 atom stereocenters. The van der Waals surface area contributed by atoms with Crippen LogP contribution in [0.4, 0.5) is 10.8 Å². The number of hydrogen-bond donors (Lipinski definition) is 2. The van der Waals surface area contributed by atoms with Crippen molar-refractivity contribution in [2.24, 2.45) is 0 Å². The Morgan fingerprint density at radius 2 is 1.80 bits per heavy atom. The molecule has 0 aliphatic heterocycles. The van der Waals surface area contributed by atoms with Gasteiger partial charge in [0.05, 0.1) is 20.0 Å². The number of carbonyl (C=O) groups is 2. The first-order valence-electron chi connectivity index (χ1n) is 8.53. The van der Waals surface area contributed by atoms with E-state index in [4.69, 9.17) is 21.1 Å². The number of aromatic nitrogens is 2. The fourth-order valence-corrected chi connectivity index (χ4v) is 4.05. The van der Waals surface area contributed by atoms with Gasteiger partial charge in [0.25, 0.3) is 5.91 Å². The van der Waals surface area contributed by atoms with Crippen molar-refractivity contribution in [2.75, 3.05) is 30.6 Å². The Hall–Kier alpha value is -2.82. The Kier molecular flexibility index (Phi) is 7.50. The molecule has 0 spiro atoms. The van der Waals surface area contributed by atoms with Crippen LogP contribution in [-0.4, -0.2) is 42.0 Å². The molecule has 0 aliphatic rings. The van der Waals surface area contributed by atoms with Crippen LogP contribution in [0.25, 0.3) is 0 Å². The minimum absolute atomic E-state index is 0.141. The normalized spacial score (nSPS) is 10.4. The van der Waals surface area contributed by atoms with Crippen LogP contribution < -0.4 is 20.1 Å². The van der Waals surface area contributed by atoms with Crippen LogP contribution in [0.3, 0.4) is 0 Å². The van der Waals surface area contributed by atoms with Crippen LogP contribution in [-0.2, 0) is 4.79 Å². The molecule has 11 heteroatoms. The third-order valence-electron chi connectivity index (χ3n) is 3.68. The molecule has 0 unspecified atom stereocenters. The molecule has 1 aromatic heterocycles. The molecule has 3 rings (SSSR count). The first-order valence-corrected chi connectivity index (χ1v) is 10.7. The van der Waals surface area contributed by atoms with E-state index in [2.05, 4.69) is 20.8 Å². The van der Waals surface area contributed by atoms with E-state index >= 15 is 0 Å². The monoisotopic (exact) mass is 464 g/mol. The third-order valence-corrected chi connectivity index (χ3v) is 5.88. The molecule has 2 N–H and O–H groups in total. The second kappa shape index (κ2) is 10.3. The highest BCUT2D eigenvalue weighted by Crippen LogP contribution is 2.27. The highest BCUT2D eigenvalue weighted by Gasteiger charge is 2.14. The number of methoxy groups -OCH3 is 2. The predicted octanol–water partition coefficient (Wildman–Crippen LogP) is 4.19. The molecule has 0 radical (unpaired) electrons. The first kappa shape index (κ1) is 21.9. The molecule has 0 bridgehead atoms. The topological polar surface area (TPSA) is 102 Å². The van der Waals surface area contributed by atoms with Crippen molar-refractivity contribution in [3.8, 4) is 11.5 Å². The SMILES string of the molecule is COc1cc(OC)cc(C(=O)Nc2nnc(SCC(=O)Nc3cccc(Cl)c3)s2)c1. The lowest BCUT2D eigenvalue weighted by Gasteiger charge is -2.07. The number of anilines is 2. The van der Waals surface area contributed by atoms with Crippen LogP contribution in [0.2, 0.25) is 5.02 Å². The van der Waals surface area contributed by atoms with Gasteiger partial charge in [-0.1, -0.05) is 40.8 Å². The average molecular weight is 465 g/mol. The molecule has 0 saturated heterocycles. The maximum absolute atomic E-state index is 12.5. The summed E-state index contributed by atoms with van der Waals surface area (Å²) in [4.78, 5) is 24.6. The summed E-state index contributed by atoms with van der Waals surface area (Å²) in [6.45, 7) is 0. The van der Waals surface area contributed by atoms with E-state index in [0.717, 1.165) is 0 Å². The van der Waals surface area contributed by atoms with E-state index in [1.54, 1.807) is 42.5 Å². The van der Waals surface area contributed by atoms with Crippen LogP contribution in [0.5, 0.6) is 11.5 Å². The molecular formula is C19H17ClN4O4S2. The number of ether oxygens (including phenoxy) is 2. The molecule has 156 valence electrons. The Balaban J connectivity index is 1.56. The van der Waals surface area contributed by atoms with Gasteiger partial charge in [0.15, 0.2) is 4.34 Å². The number of amides is 2. The molecule has 2 aromatic carbocycles. The van der Waals surface area contributed by atoms with Gasteiger partial charge in [-0.05, 0) is 30.3 Å². The number of carbonyl (C=O) groups excluding carboxylic acids is 2. The molecule has 2 amide bonds. The van der Waals surface area contributed by atoms with Crippen molar-refractivity contribution in [3.05, 3.63) is 53.1 Å². The van der Waals surface area contributed by atoms with Gasteiger partial charge in [-0.25, -0.2) is 0 Å². The smallest absolute Gasteiger partial charge is 0.257 e. The summed E-state index contributed by atoms with van der Waals surface area (Å²) in [6.07, 6.45) is 0. The quantitative estimate of drug-likeness (QED) is 0.380. The number of nitrogens with zero attached hydrogens (tertiary/aromatic N) is 2. The third kappa shape index (κ3) is 6.09. The van der Waals surface area contributed by atoms with Gasteiger partial charge >= 0.3 is 0 Å². The number of rotatable bonds is 8. The van der Waals surface area contributed by atoms with Crippen molar-refractivity contribution in [2.45, 2.75) is 4.34 Å². The van der Waals surface area contributed by atoms with E-state index in [1.807, 2.05) is 0 Å². The first-order chi connectivity index (χ1) is 14.5. The summed E-state index contributed by atoms with van der Waals surface area (Å²) in [5.74, 6) is 0.560. The van der Waals surface area contributed by atoms with E-state index in [1.165, 1.54) is 37.3 Å². The predicted molar refractivity (Wildman–Crippen MR) is 118 cm³/mol. The van der Waals surface area contributed by atoms with Crippen molar-refractivity contribution >= 4 is 57.3 Å². The standard InChI is InChI=1S/C19H17ClN4O4S2/c1-27-14-6-11(7-15(9-14)28-2)17(26)22-18-23-24-19(30-18)29-10-16(25)21-13-5-3-4-12(20)8-13/h3-9H,10H2,1-2H3,(H,21,25)(H,22,23,26). The molecule has 0 aliphatic carbocycles. The van der Waals surface area contributed by atoms with Crippen LogP contribution in [0.1, 0.15) is 10.4 Å². The minimum atomic E-state index is -0.376. The lowest BCUT2D eigenvalue weighted by Crippen LogP contribution is -2.13. The summed E-state index contributed by atoms with van der Waals surface area (Å²) >= 11 is 8.29. The largest absolute Gasteiger partial charge is 0.497 e. The van der Waals surface area contributed by atoms with E-state index < -0.39 is 0 Å². The summed E-state index contributed by atoms with van der Waals surface area (Å²) in [5, 5.41) is 14.2. The summed E-state index contributed by atoms with van der Waals surface area (Å²) in [5.41, 5.74) is 0.975. The van der Waals surface area contributed by atoms with Crippen LogP contribution in [0.15, 0.2) is 46.8 Å². The van der Waals surface area contributed by atoms with Gasteiger partial charge in [-0.2, -0.15) is 0 Å². The van der Waals surface area contributed by atoms with Crippen molar-refractivity contribution in [1.82, 2.24) is 10.2 Å². The minimum Gasteiger partial charge on any atom is -0.497 e. The van der Waals surface area contributed by atoms with E-state index in [9.17, 15) is 9.59 Å². The van der Waals surface area contributed by atoms with Crippen molar-refractivity contribution in [3.63, 3.8) is 0 Å². The molecule has 1 heterocycles. The van der Waals surface area contributed by atoms with Gasteiger partial charge in [-0.3, -0.25) is 14.9 Å². The second-order valence-electron chi connectivity index (χ2n) is 5.78. The van der Waals surface area contributed by atoms with Gasteiger partial charge < -0.3 is 14.8 Å². The number of hydrogen-bond acceptors (Lipinski definition) is 8. The van der Waals surface area contributed by atoms with Crippen LogP contribution in [0, 0.1) is 0 Å².